The Hall–Kier alpha value is -1.43. The van der Waals surface area contributed by atoms with E-state index in [4.69, 9.17) is 5.73 Å². The summed E-state index contributed by atoms with van der Waals surface area (Å²) < 4.78 is 0. The van der Waals surface area contributed by atoms with Crippen molar-refractivity contribution in [3.8, 4) is 0 Å². The van der Waals surface area contributed by atoms with Gasteiger partial charge in [0.15, 0.2) is 0 Å². The highest BCUT2D eigenvalue weighted by atomic mass is 16.2. The molecule has 6 nitrogen and oxygen atoms in total. The Bertz CT molecular complexity index is 652. The predicted molar refractivity (Wildman–Crippen MR) is 113 cm³/mol. The van der Waals surface area contributed by atoms with Gasteiger partial charge in [0.1, 0.15) is 5.78 Å². The number of hydrogen-bond acceptors (Lipinski definition) is 4. The number of ketones is 1. The zero-order valence-electron chi connectivity index (χ0n) is 18.8. The molecule has 1 saturated carbocycles. The maximum absolute atomic E-state index is 13.2. The Morgan fingerprint density at radius 1 is 1.21 bits per heavy atom. The van der Waals surface area contributed by atoms with E-state index in [0.29, 0.717) is 50.5 Å². The van der Waals surface area contributed by atoms with E-state index in [1.165, 1.54) is 0 Å². The molecule has 6 heteroatoms. The largest absolute Gasteiger partial charge is 0.369 e. The lowest BCUT2D eigenvalue weighted by Gasteiger charge is -2.41. The molecule has 4 unspecified atom stereocenters. The second-order valence-electron chi connectivity index (χ2n) is 10.9. The highest BCUT2D eigenvalue weighted by molar-refractivity contribution is 5.85. The summed E-state index contributed by atoms with van der Waals surface area (Å²) in [5, 5.41) is 0. The van der Waals surface area contributed by atoms with E-state index in [2.05, 4.69) is 39.5 Å². The van der Waals surface area contributed by atoms with Crippen LogP contribution in [-0.4, -0.2) is 59.1 Å². The van der Waals surface area contributed by atoms with Gasteiger partial charge in [0.2, 0.25) is 11.8 Å². The smallest absolute Gasteiger partial charge is 0.222 e. The van der Waals surface area contributed by atoms with Gasteiger partial charge < -0.3 is 10.6 Å². The zero-order chi connectivity index (χ0) is 21.5. The molecule has 0 aromatic rings. The number of carbonyl (C=O) groups excluding carboxylic acids is 3. The number of nitrogens with two attached hydrogens (primary N) is 1. The lowest BCUT2D eigenvalue weighted by molar-refractivity contribution is -0.137. The second kappa shape index (κ2) is 8.37. The lowest BCUT2D eigenvalue weighted by atomic mass is 9.67. The van der Waals surface area contributed by atoms with E-state index < -0.39 is 0 Å². The number of carbonyl (C=O) groups is 3. The third kappa shape index (κ3) is 4.68. The van der Waals surface area contributed by atoms with Gasteiger partial charge in [-0.3, -0.25) is 19.3 Å². The van der Waals surface area contributed by atoms with Gasteiger partial charge in [0.05, 0.1) is 0 Å². The molecule has 2 aliphatic heterocycles. The summed E-state index contributed by atoms with van der Waals surface area (Å²) in [7, 11) is 0. The van der Waals surface area contributed by atoms with E-state index in [0.717, 1.165) is 13.0 Å². The molecule has 164 valence electrons. The average Bonchev–Trinajstić information content (AvgIpc) is 2.86. The fourth-order valence-electron chi connectivity index (χ4n) is 6.03. The lowest BCUT2D eigenvalue weighted by Crippen LogP contribution is -2.47. The van der Waals surface area contributed by atoms with Crippen molar-refractivity contribution in [2.75, 3.05) is 19.6 Å². The molecule has 2 N–H and O–H groups in total. The summed E-state index contributed by atoms with van der Waals surface area (Å²) in [6.45, 7) is 13.2. The standard InChI is InChI=1S/C23H39N3O3/c1-14(2)13-26-15(3)17(21-18(26)11-23(4,5)12-19(21)27)10-20(28)25-8-6-16(7-9-25)22(24)29/h14-18,21H,6-13H2,1-5H3,(H2,24,29). The van der Waals surface area contributed by atoms with E-state index >= 15 is 0 Å². The van der Waals surface area contributed by atoms with Crippen molar-refractivity contribution in [3.63, 3.8) is 0 Å². The van der Waals surface area contributed by atoms with Gasteiger partial charge in [0.25, 0.3) is 0 Å². The first-order valence-corrected chi connectivity index (χ1v) is 11.4. The van der Waals surface area contributed by atoms with Gasteiger partial charge in [-0.15, -0.1) is 0 Å². The predicted octanol–water partition coefficient (Wildman–Crippen LogP) is 2.45. The number of amides is 2. The molecule has 0 spiro atoms. The molecule has 0 radical (unpaired) electrons. The van der Waals surface area contributed by atoms with E-state index in [1.54, 1.807) is 0 Å². The number of primary amides is 1. The summed E-state index contributed by atoms with van der Waals surface area (Å²) in [6, 6.07) is 0.486. The van der Waals surface area contributed by atoms with Crippen molar-refractivity contribution in [1.29, 1.82) is 0 Å². The molecule has 2 heterocycles. The zero-order valence-corrected chi connectivity index (χ0v) is 18.8. The first kappa shape index (κ1) is 22.3. The Morgan fingerprint density at radius 3 is 2.38 bits per heavy atom. The average molecular weight is 406 g/mol. The van der Waals surface area contributed by atoms with Crippen molar-refractivity contribution in [1.82, 2.24) is 9.80 Å². The van der Waals surface area contributed by atoms with Gasteiger partial charge in [-0.25, -0.2) is 0 Å². The molecule has 1 aliphatic carbocycles. The molecule has 3 rings (SSSR count). The van der Waals surface area contributed by atoms with Crippen LogP contribution in [0.25, 0.3) is 0 Å². The number of nitrogens with zero attached hydrogens (tertiary/aromatic N) is 2. The van der Waals surface area contributed by atoms with Crippen LogP contribution in [0.4, 0.5) is 0 Å². The molecular weight excluding hydrogens is 366 g/mol. The van der Waals surface area contributed by atoms with Gasteiger partial charge in [-0.2, -0.15) is 0 Å². The monoisotopic (exact) mass is 405 g/mol. The first-order valence-electron chi connectivity index (χ1n) is 11.4. The van der Waals surface area contributed by atoms with E-state index in [1.807, 2.05) is 4.90 Å². The van der Waals surface area contributed by atoms with Crippen LogP contribution in [0.1, 0.15) is 66.7 Å². The summed E-state index contributed by atoms with van der Waals surface area (Å²) >= 11 is 0. The van der Waals surface area contributed by atoms with Gasteiger partial charge in [0, 0.05) is 56.4 Å². The Kier molecular flexibility index (Phi) is 6.42. The molecule has 2 saturated heterocycles. The molecule has 29 heavy (non-hydrogen) atoms. The number of Topliss-reactive ketones (excluding diaryl/α,β-unsaturated/α-hetero) is 1. The number of likely N-dealkylation sites (tertiary alicyclic amines) is 2. The number of piperidine rings is 1. The highest BCUT2D eigenvalue weighted by Gasteiger charge is 2.54. The van der Waals surface area contributed by atoms with Crippen LogP contribution < -0.4 is 5.73 Å². The molecule has 2 amide bonds. The van der Waals surface area contributed by atoms with Crippen LogP contribution in [0, 0.1) is 29.1 Å². The fraction of sp³-hybridized carbons (Fsp3) is 0.870. The minimum atomic E-state index is -0.260. The Balaban J connectivity index is 1.73. The summed E-state index contributed by atoms with van der Waals surface area (Å²) in [5.41, 5.74) is 5.45. The minimum Gasteiger partial charge on any atom is -0.369 e. The number of hydrogen-bond donors (Lipinski definition) is 1. The Morgan fingerprint density at radius 2 is 1.83 bits per heavy atom. The maximum Gasteiger partial charge on any atom is 0.222 e. The second-order valence-corrected chi connectivity index (χ2v) is 10.9. The van der Waals surface area contributed by atoms with Crippen molar-refractivity contribution in [2.24, 2.45) is 34.8 Å². The Labute approximate surface area is 175 Å². The topological polar surface area (TPSA) is 83.7 Å². The molecule has 3 fully saturated rings. The minimum absolute atomic E-state index is 0.0242. The van der Waals surface area contributed by atoms with Crippen molar-refractivity contribution in [2.45, 2.75) is 78.8 Å². The van der Waals surface area contributed by atoms with Crippen LogP contribution in [0.15, 0.2) is 0 Å². The van der Waals surface area contributed by atoms with Crippen LogP contribution in [0.3, 0.4) is 0 Å². The maximum atomic E-state index is 13.2. The van der Waals surface area contributed by atoms with E-state index in [9.17, 15) is 14.4 Å². The normalized spacial score (nSPS) is 33.2. The molecule has 0 aromatic heterocycles. The van der Waals surface area contributed by atoms with E-state index in [-0.39, 0.29) is 47.1 Å². The summed E-state index contributed by atoms with van der Waals surface area (Å²) in [4.78, 5) is 42.0. The summed E-state index contributed by atoms with van der Waals surface area (Å²) in [6.07, 6.45) is 3.38. The fourth-order valence-corrected chi connectivity index (χ4v) is 6.03. The highest BCUT2D eigenvalue weighted by Crippen LogP contribution is 2.49. The molecule has 0 bridgehead atoms. The van der Waals surface area contributed by atoms with Gasteiger partial charge >= 0.3 is 0 Å². The van der Waals surface area contributed by atoms with Crippen molar-refractivity contribution < 1.29 is 14.4 Å². The van der Waals surface area contributed by atoms with Gasteiger partial charge in [-0.1, -0.05) is 27.7 Å². The van der Waals surface area contributed by atoms with Crippen LogP contribution in [-0.2, 0) is 14.4 Å². The van der Waals surface area contributed by atoms with Crippen LogP contribution >= 0.6 is 0 Å². The molecule has 4 atom stereocenters. The number of fused-ring (bicyclic) bond motifs is 1. The quantitative estimate of drug-likeness (QED) is 0.761. The third-order valence-corrected chi connectivity index (χ3v) is 7.47. The van der Waals surface area contributed by atoms with Gasteiger partial charge in [-0.05, 0) is 43.4 Å². The van der Waals surface area contributed by atoms with Crippen molar-refractivity contribution in [3.05, 3.63) is 0 Å². The molecule has 3 aliphatic rings. The number of rotatable bonds is 5. The van der Waals surface area contributed by atoms with Crippen molar-refractivity contribution >= 4 is 17.6 Å². The molecular formula is C23H39N3O3. The molecule has 0 aromatic carbocycles. The van der Waals surface area contributed by atoms with Crippen LogP contribution in [0.5, 0.6) is 0 Å². The third-order valence-electron chi connectivity index (χ3n) is 7.47. The SMILES string of the molecule is CC(C)CN1C(C)C(CC(=O)N2CCC(C(N)=O)CC2)C2C(=O)CC(C)(C)CC21. The van der Waals surface area contributed by atoms with Crippen LogP contribution in [0.2, 0.25) is 0 Å². The first-order chi connectivity index (χ1) is 13.5. The summed E-state index contributed by atoms with van der Waals surface area (Å²) in [5.74, 6) is 0.692.